The van der Waals surface area contributed by atoms with Crippen molar-refractivity contribution in [2.24, 2.45) is 0 Å². The Morgan fingerprint density at radius 2 is 2.07 bits per heavy atom. The molecular weight excluding hydrogens is 346 g/mol. The van der Waals surface area contributed by atoms with Gasteiger partial charge in [0.2, 0.25) is 0 Å². The number of rotatable bonds is 4. The van der Waals surface area contributed by atoms with Crippen LogP contribution in [0.4, 0.5) is 16.3 Å². The number of carbonyl (C=O) groups excluding carboxylic acids is 1. The summed E-state index contributed by atoms with van der Waals surface area (Å²) >= 11 is 0. The number of hydrogen-bond donors (Lipinski definition) is 2. The Bertz CT molecular complexity index is 1100. The van der Waals surface area contributed by atoms with E-state index in [9.17, 15) is 4.79 Å². The summed E-state index contributed by atoms with van der Waals surface area (Å²) in [6.07, 6.45) is 6.58. The molecule has 0 unspecified atom stereocenters. The lowest BCUT2D eigenvalue weighted by Crippen LogP contribution is -2.20. The van der Waals surface area contributed by atoms with Crippen LogP contribution in [0.3, 0.4) is 0 Å². The highest BCUT2D eigenvalue weighted by Crippen LogP contribution is 2.20. The van der Waals surface area contributed by atoms with Crippen molar-refractivity contribution in [3.8, 4) is 11.5 Å². The molecule has 0 saturated carbocycles. The van der Waals surface area contributed by atoms with E-state index in [1.54, 1.807) is 41.4 Å². The van der Waals surface area contributed by atoms with Gasteiger partial charge in [0.15, 0.2) is 11.5 Å². The topological polar surface area (TPSA) is 115 Å². The van der Waals surface area contributed by atoms with Crippen LogP contribution < -0.4 is 10.6 Å². The fraction of sp³-hybridized carbons (Fsp3) is 0.176. The first-order valence-electron chi connectivity index (χ1n) is 8.35. The maximum atomic E-state index is 12.3. The molecule has 0 saturated heterocycles. The summed E-state index contributed by atoms with van der Waals surface area (Å²) in [5.41, 5.74) is 1.68. The summed E-state index contributed by atoms with van der Waals surface area (Å²) in [6.45, 7) is 4.07. The van der Waals surface area contributed by atoms with Crippen molar-refractivity contribution in [1.29, 1.82) is 0 Å². The number of anilines is 2. The number of nitrogens with one attached hydrogen (secondary N) is 2. The number of aromatic nitrogens is 7. The minimum absolute atomic E-state index is 0.194. The van der Waals surface area contributed by atoms with Gasteiger partial charge in [0.25, 0.3) is 0 Å². The first-order valence-corrected chi connectivity index (χ1v) is 8.35. The molecule has 0 atom stereocenters. The largest absolute Gasteiger partial charge is 0.325 e. The predicted molar refractivity (Wildman–Crippen MR) is 99.3 cm³/mol. The normalized spacial score (nSPS) is 11.1. The first-order chi connectivity index (χ1) is 13.1. The molecule has 10 heteroatoms. The van der Waals surface area contributed by atoms with Crippen molar-refractivity contribution < 1.29 is 4.79 Å². The standard InChI is InChI=1S/C17H17N9O/c1-11(2)25-10-19-24-16(25)12-5-3-6-14(21-12)23-17(27)22-13-9-20-26-8-4-7-18-15(13)26/h3-11H,1-2H3,(H2,21,22,23,27). The second-order valence-corrected chi connectivity index (χ2v) is 6.09. The van der Waals surface area contributed by atoms with Crippen LogP contribution in [0.5, 0.6) is 0 Å². The molecule has 4 heterocycles. The van der Waals surface area contributed by atoms with Gasteiger partial charge in [-0.15, -0.1) is 10.2 Å². The minimum atomic E-state index is -0.439. The van der Waals surface area contributed by atoms with Crippen LogP contribution in [-0.4, -0.2) is 40.4 Å². The van der Waals surface area contributed by atoms with Crippen molar-refractivity contribution in [1.82, 2.24) is 34.3 Å². The summed E-state index contributed by atoms with van der Waals surface area (Å²) in [6, 6.07) is 6.84. The highest BCUT2D eigenvalue weighted by atomic mass is 16.2. The third-order valence-electron chi connectivity index (χ3n) is 3.88. The molecule has 136 valence electrons. The number of pyridine rings is 1. The maximum absolute atomic E-state index is 12.3. The highest BCUT2D eigenvalue weighted by molar-refractivity contribution is 6.01. The van der Waals surface area contributed by atoms with Crippen molar-refractivity contribution in [2.75, 3.05) is 10.6 Å². The molecule has 0 aromatic carbocycles. The van der Waals surface area contributed by atoms with E-state index in [1.165, 1.54) is 6.20 Å². The highest BCUT2D eigenvalue weighted by Gasteiger charge is 2.13. The zero-order valence-corrected chi connectivity index (χ0v) is 14.7. The fourth-order valence-electron chi connectivity index (χ4n) is 2.62. The molecule has 0 fully saturated rings. The van der Waals surface area contributed by atoms with E-state index < -0.39 is 6.03 Å². The Morgan fingerprint density at radius 1 is 1.19 bits per heavy atom. The molecule has 0 spiro atoms. The van der Waals surface area contributed by atoms with E-state index in [0.717, 1.165) is 0 Å². The van der Waals surface area contributed by atoms with Crippen LogP contribution in [0.15, 0.2) is 49.2 Å². The Labute approximate surface area is 154 Å². The second-order valence-electron chi connectivity index (χ2n) is 6.09. The molecule has 0 radical (unpaired) electrons. The maximum Gasteiger partial charge on any atom is 0.325 e. The number of hydrogen-bond acceptors (Lipinski definition) is 6. The molecule has 4 aromatic rings. The van der Waals surface area contributed by atoms with Gasteiger partial charge in [-0.1, -0.05) is 6.07 Å². The number of urea groups is 1. The minimum Gasteiger partial charge on any atom is -0.310 e. The molecular formula is C17H17N9O. The quantitative estimate of drug-likeness (QED) is 0.576. The van der Waals surface area contributed by atoms with E-state index in [1.807, 2.05) is 24.5 Å². The predicted octanol–water partition coefficient (Wildman–Crippen LogP) is 2.61. The van der Waals surface area contributed by atoms with E-state index in [-0.39, 0.29) is 6.04 Å². The zero-order chi connectivity index (χ0) is 18.8. The lowest BCUT2D eigenvalue weighted by Gasteiger charge is -2.10. The molecule has 0 aliphatic heterocycles. The van der Waals surface area contributed by atoms with Crippen LogP contribution in [-0.2, 0) is 0 Å². The molecule has 2 amide bonds. The van der Waals surface area contributed by atoms with E-state index in [4.69, 9.17) is 0 Å². The van der Waals surface area contributed by atoms with Gasteiger partial charge in [0.05, 0.1) is 6.20 Å². The second kappa shape index (κ2) is 6.83. The zero-order valence-electron chi connectivity index (χ0n) is 14.7. The summed E-state index contributed by atoms with van der Waals surface area (Å²) in [5, 5.41) is 17.6. The summed E-state index contributed by atoms with van der Waals surface area (Å²) in [5.74, 6) is 1.04. The van der Waals surface area contributed by atoms with Crippen LogP contribution in [0.2, 0.25) is 0 Å². The van der Waals surface area contributed by atoms with Gasteiger partial charge in [-0.2, -0.15) is 5.10 Å². The van der Waals surface area contributed by atoms with Gasteiger partial charge in [-0.05, 0) is 32.0 Å². The molecule has 27 heavy (non-hydrogen) atoms. The van der Waals surface area contributed by atoms with Crippen LogP contribution >= 0.6 is 0 Å². The van der Waals surface area contributed by atoms with Gasteiger partial charge >= 0.3 is 6.03 Å². The monoisotopic (exact) mass is 363 g/mol. The first kappa shape index (κ1) is 16.6. The van der Waals surface area contributed by atoms with Crippen LogP contribution in [0.1, 0.15) is 19.9 Å². The average Bonchev–Trinajstić information content (AvgIpc) is 3.30. The van der Waals surface area contributed by atoms with Gasteiger partial charge in [-0.25, -0.2) is 19.3 Å². The fourth-order valence-corrected chi connectivity index (χ4v) is 2.62. The molecule has 0 aliphatic carbocycles. The van der Waals surface area contributed by atoms with Crippen LogP contribution in [0, 0.1) is 0 Å². The summed E-state index contributed by atoms with van der Waals surface area (Å²) < 4.78 is 3.49. The number of fused-ring (bicyclic) bond motifs is 1. The van der Waals surface area contributed by atoms with Crippen molar-refractivity contribution >= 4 is 23.2 Å². The summed E-state index contributed by atoms with van der Waals surface area (Å²) in [4.78, 5) is 21.0. The van der Waals surface area contributed by atoms with Crippen molar-refractivity contribution in [2.45, 2.75) is 19.9 Å². The van der Waals surface area contributed by atoms with Gasteiger partial charge < -0.3 is 9.88 Å². The Morgan fingerprint density at radius 3 is 2.93 bits per heavy atom. The van der Waals surface area contributed by atoms with E-state index in [0.29, 0.717) is 28.7 Å². The van der Waals surface area contributed by atoms with Gasteiger partial charge in [0.1, 0.15) is 23.5 Å². The third-order valence-corrected chi connectivity index (χ3v) is 3.88. The smallest absolute Gasteiger partial charge is 0.310 e. The Balaban J connectivity index is 1.53. The molecule has 4 aromatic heterocycles. The van der Waals surface area contributed by atoms with Gasteiger partial charge in [0, 0.05) is 18.4 Å². The SMILES string of the molecule is CC(C)n1cnnc1-c1cccc(NC(=O)Nc2cnn3cccnc23)n1. The Kier molecular flexibility index (Phi) is 4.21. The molecule has 2 N–H and O–H groups in total. The van der Waals surface area contributed by atoms with Crippen molar-refractivity contribution in [3.05, 3.63) is 49.2 Å². The molecule has 10 nitrogen and oxygen atoms in total. The molecule has 0 aliphatic rings. The summed E-state index contributed by atoms with van der Waals surface area (Å²) in [7, 11) is 0. The lowest BCUT2D eigenvalue weighted by molar-refractivity contribution is 0.262. The van der Waals surface area contributed by atoms with Crippen molar-refractivity contribution in [3.63, 3.8) is 0 Å². The van der Waals surface area contributed by atoms with E-state index in [2.05, 4.69) is 35.9 Å². The lowest BCUT2D eigenvalue weighted by atomic mass is 10.3. The number of nitrogens with zero attached hydrogens (tertiary/aromatic N) is 7. The average molecular weight is 363 g/mol. The van der Waals surface area contributed by atoms with Gasteiger partial charge in [-0.3, -0.25) is 5.32 Å². The third kappa shape index (κ3) is 3.32. The molecule has 0 bridgehead atoms. The van der Waals surface area contributed by atoms with Crippen LogP contribution in [0.25, 0.3) is 17.2 Å². The molecule has 4 rings (SSSR count). The number of carbonyl (C=O) groups is 1. The number of amides is 2. The van der Waals surface area contributed by atoms with E-state index >= 15 is 0 Å². The Hall–Kier alpha value is -3.82.